The third-order valence-electron chi connectivity index (χ3n) is 4.35. The van der Waals surface area contributed by atoms with Crippen LogP contribution in [0.25, 0.3) is 0 Å². The molecule has 1 saturated heterocycles. The highest BCUT2D eigenvalue weighted by molar-refractivity contribution is 6.42. The highest BCUT2D eigenvalue weighted by Crippen LogP contribution is 2.23. The zero-order chi connectivity index (χ0) is 19.1. The van der Waals surface area contributed by atoms with Crippen molar-refractivity contribution in [1.29, 1.82) is 0 Å². The summed E-state index contributed by atoms with van der Waals surface area (Å²) in [4.78, 5) is 2.36. The van der Waals surface area contributed by atoms with Gasteiger partial charge in [0, 0.05) is 31.9 Å². The Kier molecular flexibility index (Phi) is 7.41. The molecule has 2 aromatic carbocycles. The van der Waals surface area contributed by atoms with Crippen molar-refractivity contribution >= 4 is 23.2 Å². The van der Waals surface area contributed by atoms with Crippen LogP contribution in [0.15, 0.2) is 60.8 Å². The molecular weight excluding hydrogens is 383 g/mol. The summed E-state index contributed by atoms with van der Waals surface area (Å²) in [7, 11) is 0. The Labute approximate surface area is 170 Å². The normalized spacial score (nSPS) is 17.5. The molecule has 0 unspecified atom stereocenters. The molecule has 6 heteroatoms. The minimum absolute atomic E-state index is 0.106. The van der Waals surface area contributed by atoms with Crippen molar-refractivity contribution in [3.05, 3.63) is 76.4 Å². The second-order valence-corrected chi connectivity index (χ2v) is 7.38. The monoisotopic (exact) mass is 406 g/mol. The van der Waals surface area contributed by atoms with Crippen LogP contribution in [0.2, 0.25) is 10.0 Å². The molecule has 0 amide bonds. The summed E-state index contributed by atoms with van der Waals surface area (Å²) in [6.07, 6.45) is 0.106. The lowest BCUT2D eigenvalue weighted by atomic mass is 10.2. The first-order valence-corrected chi connectivity index (χ1v) is 9.73. The van der Waals surface area contributed by atoms with Crippen molar-refractivity contribution in [1.82, 2.24) is 10.2 Å². The Morgan fingerprint density at radius 3 is 2.78 bits per heavy atom. The van der Waals surface area contributed by atoms with E-state index >= 15 is 0 Å². The third-order valence-corrected chi connectivity index (χ3v) is 5.09. The average molecular weight is 407 g/mol. The lowest BCUT2D eigenvalue weighted by Gasteiger charge is -2.33. The van der Waals surface area contributed by atoms with E-state index in [0.717, 1.165) is 36.6 Å². The van der Waals surface area contributed by atoms with Gasteiger partial charge in [0.15, 0.2) is 0 Å². The van der Waals surface area contributed by atoms with Crippen LogP contribution in [0.3, 0.4) is 0 Å². The number of rotatable bonds is 8. The molecule has 0 radical (unpaired) electrons. The van der Waals surface area contributed by atoms with Crippen LogP contribution in [0.4, 0.5) is 0 Å². The number of hydrogen-bond acceptors (Lipinski definition) is 4. The van der Waals surface area contributed by atoms with Crippen LogP contribution in [0.5, 0.6) is 5.75 Å². The lowest BCUT2D eigenvalue weighted by Crippen LogP contribution is -2.46. The molecule has 0 bridgehead atoms. The smallest absolute Gasteiger partial charge is 0.127 e. The number of nitrogens with one attached hydrogen (secondary N) is 1. The molecule has 0 spiro atoms. The molecule has 0 aliphatic carbocycles. The summed E-state index contributed by atoms with van der Waals surface area (Å²) in [5.41, 5.74) is 1.99. The maximum absolute atomic E-state index is 6.11. The highest BCUT2D eigenvalue weighted by Gasteiger charge is 2.20. The molecule has 1 aliphatic rings. The molecule has 27 heavy (non-hydrogen) atoms. The first kappa shape index (κ1) is 20.0. The Hall–Kier alpha value is -1.72. The third kappa shape index (κ3) is 6.43. The molecule has 1 atom stereocenters. The second-order valence-electron chi connectivity index (χ2n) is 6.56. The van der Waals surface area contributed by atoms with Gasteiger partial charge in [-0.25, -0.2) is 0 Å². The molecule has 1 N–H and O–H groups in total. The molecule has 4 nitrogen and oxygen atoms in total. The van der Waals surface area contributed by atoms with Gasteiger partial charge in [0.1, 0.15) is 12.4 Å². The second kappa shape index (κ2) is 10.00. The van der Waals surface area contributed by atoms with Crippen molar-refractivity contribution in [3.8, 4) is 5.75 Å². The van der Waals surface area contributed by atoms with Crippen LogP contribution in [0.1, 0.15) is 5.56 Å². The van der Waals surface area contributed by atoms with Crippen molar-refractivity contribution in [3.63, 3.8) is 0 Å². The van der Waals surface area contributed by atoms with Gasteiger partial charge in [-0.1, -0.05) is 54.0 Å². The van der Waals surface area contributed by atoms with Gasteiger partial charge in [-0.2, -0.15) is 0 Å². The maximum Gasteiger partial charge on any atom is 0.127 e. The summed E-state index contributed by atoms with van der Waals surface area (Å²) in [5.74, 6) is 0.835. The predicted molar refractivity (Wildman–Crippen MR) is 111 cm³/mol. The zero-order valence-corrected chi connectivity index (χ0v) is 16.7. The zero-order valence-electron chi connectivity index (χ0n) is 15.2. The van der Waals surface area contributed by atoms with Gasteiger partial charge < -0.3 is 14.8 Å². The van der Waals surface area contributed by atoms with Gasteiger partial charge in [-0.15, -0.1) is 0 Å². The van der Waals surface area contributed by atoms with E-state index in [1.54, 1.807) is 0 Å². The van der Waals surface area contributed by atoms with Crippen molar-refractivity contribution in [2.24, 2.45) is 0 Å². The summed E-state index contributed by atoms with van der Waals surface area (Å²) in [6.45, 7) is 8.45. The summed E-state index contributed by atoms with van der Waals surface area (Å²) in [6, 6.07) is 15.5. The molecule has 1 aliphatic heterocycles. The quantitative estimate of drug-likeness (QED) is 0.705. The summed E-state index contributed by atoms with van der Waals surface area (Å²) < 4.78 is 11.6. The predicted octanol–water partition coefficient (Wildman–Crippen LogP) is 4.38. The van der Waals surface area contributed by atoms with E-state index in [1.165, 1.54) is 0 Å². The van der Waals surface area contributed by atoms with Crippen LogP contribution in [0, 0.1) is 0 Å². The van der Waals surface area contributed by atoms with Gasteiger partial charge in [0.25, 0.3) is 0 Å². The fourth-order valence-electron chi connectivity index (χ4n) is 2.94. The molecule has 0 saturated carbocycles. The average Bonchev–Trinajstić information content (AvgIpc) is 2.69. The number of morpholine rings is 1. The first-order chi connectivity index (χ1) is 13.1. The van der Waals surface area contributed by atoms with Crippen LogP contribution < -0.4 is 10.1 Å². The minimum Gasteiger partial charge on any atom is -0.487 e. The van der Waals surface area contributed by atoms with Gasteiger partial charge in [0.05, 0.1) is 22.8 Å². The van der Waals surface area contributed by atoms with E-state index in [9.17, 15) is 0 Å². The molecule has 2 aromatic rings. The standard InChI is InChI=1S/C21H24Cl2N2O2/c1-16(15-27-18-5-3-2-4-6-18)24-12-19-14-25(9-10-26-19)13-17-7-8-20(22)21(23)11-17/h2-8,11,19,24H,1,9-10,12-15H2/t19-/m0/s1. The van der Waals surface area contributed by atoms with Crippen molar-refractivity contribution in [2.75, 3.05) is 32.8 Å². The molecule has 1 heterocycles. The highest BCUT2D eigenvalue weighted by atomic mass is 35.5. The van der Waals surface area contributed by atoms with Gasteiger partial charge in [-0.3, -0.25) is 4.90 Å². The molecule has 144 valence electrons. The van der Waals surface area contributed by atoms with Crippen molar-refractivity contribution in [2.45, 2.75) is 12.6 Å². The van der Waals surface area contributed by atoms with E-state index in [4.69, 9.17) is 32.7 Å². The number of halogens is 2. The molecule has 1 fully saturated rings. The fraction of sp³-hybridized carbons (Fsp3) is 0.333. The topological polar surface area (TPSA) is 33.7 Å². The lowest BCUT2D eigenvalue weighted by molar-refractivity contribution is -0.0291. The minimum atomic E-state index is 0.106. The number of nitrogens with zero attached hydrogens (tertiary/aromatic N) is 1. The summed E-state index contributed by atoms with van der Waals surface area (Å²) in [5, 5.41) is 4.49. The Bertz CT molecular complexity index is 755. The fourth-order valence-corrected chi connectivity index (χ4v) is 3.26. The van der Waals surface area contributed by atoms with Gasteiger partial charge in [0.2, 0.25) is 0 Å². The summed E-state index contributed by atoms with van der Waals surface area (Å²) >= 11 is 12.1. The largest absolute Gasteiger partial charge is 0.487 e. The Morgan fingerprint density at radius 2 is 2.00 bits per heavy atom. The van der Waals surface area contributed by atoms with Crippen LogP contribution in [-0.4, -0.2) is 43.9 Å². The van der Waals surface area contributed by atoms with Gasteiger partial charge in [-0.05, 0) is 29.8 Å². The number of ether oxygens (including phenoxy) is 2. The van der Waals surface area contributed by atoms with Crippen LogP contribution in [-0.2, 0) is 11.3 Å². The van der Waals surface area contributed by atoms with E-state index in [2.05, 4.69) is 16.8 Å². The van der Waals surface area contributed by atoms with Gasteiger partial charge >= 0.3 is 0 Å². The maximum atomic E-state index is 6.11. The van der Waals surface area contributed by atoms with E-state index in [1.807, 2.05) is 48.5 Å². The molecular formula is C21H24Cl2N2O2. The Balaban J connectivity index is 1.41. The van der Waals surface area contributed by atoms with Crippen molar-refractivity contribution < 1.29 is 9.47 Å². The molecule has 0 aromatic heterocycles. The van der Waals surface area contributed by atoms with E-state index in [-0.39, 0.29) is 6.10 Å². The number of para-hydroxylation sites is 1. The number of benzene rings is 2. The van der Waals surface area contributed by atoms with Crippen LogP contribution >= 0.6 is 23.2 Å². The first-order valence-electron chi connectivity index (χ1n) is 8.97. The Morgan fingerprint density at radius 1 is 1.19 bits per heavy atom. The van der Waals surface area contributed by atoms with E-state index < -0.39 is 0 Å². The number of hydrogen-bond donors (Lipinski definition) is 1. The van der Waals surface area contributed by atoms with E-state index in [0.29, 0.717) is 29.8 Å². The SMILES string of the molecule is C=C(COc1ccccc1)NC[C@H]1CN(Cc2ccc(Cl)c(Cl)c2)CCO1. The molecule has 3 rings (SSSR count).